The van der Waals surface area contributed by atoms with Gasteiger partial charge >= 0.3 is 6.09 Å². The van der Waals surface area contributed by atoms with Crippen molar-refractivity contribution in [2.24, 2.45) is 0 Å². The average molecular weight is 223 g/mol. The van der Waals surface area contributed by atoms with Crippen LogP contribution in [0.15, 0.2) is 0 Å². The van der Waals surface area contributed by atoms with Crippen molar-refractivity contribution >= 4 is 13.5 Å². The van der Waals surface area contributed by atoms with Gasteiger partial charge in [-0.05, 0) is 20.8 Å². The van der Waals surface area contributed by atoms with E-state index in [2.05, 4.69) is 10.1 Å². The summed E-state index contributed by atoms with van der Waals surface area (Å²) in [6.07, 6.45) is -0.549. The van der Waals surface area contributed by atoms with Crippen LogP contribution < -0.4 is 5.32 Å². The first-order valence-electron chi connectivity index (χ1n) is 4.53. The van der Waals surface area contributed by atoms with E-state index in [0.717, 1.165) is 0 Å². The summed E-state index contributed by atoms with van der Waals surface area (Å²) < 4.78 is 16.3. The zero-order chi connectivity index (χ0) is 11.4. The standard InChI is InChI=1S/C8H18NO4P/c1-5-13-7(10)9-8(3,4)14(11,12)6-2/h5-6H2,1-4H3,(H,9,10)(H,11,12). The molecule has 6 heteroatoms. The summed E-state index contributed by atoms with van der Waals surface area (Å²) in [5.74, 6) is 0. The van der Waals surface area contributed by atoms with Crippen molar-refractivity contribution in [1.29, 1.82) is 0 Å². The highest BCUT2D eigenvalue weighted by Gasteiger charge is 2.38. The van der Waals surface area contributed by atoms with Gasteiger partial charge in [0.25, 0.3) is 0 Å². The fourth-order valence-corrected chi connectivity index (χ4v) is 1.96. The van der Waals surface area contributed by atoms with Crippen LogP contribution in [-0.2, 0) is 9.30 Å². The minimum Gasteiger partial charge on any atom is -0.450 e. The molecule has 0 heterocycles. The molecule has 0 rings (SSSR count). The zero-order valence-electron chi connectivity index (χ0n) is 9.03. The number of carbonyl (C=O) groups is 1. The number of ether oxygens (including phenoxy) is 1. The van der Waals surface area contributed by atoms with Crippen LogP contribution in [0.3, 0.4) is 0 Å². The molecule has 0 bridgehead atoms. The van der Waals surface area contributed by atoms with Crippen LogP contribution in [0.1, 0.15) is 27.7 Å². The molecule has 14 heavy (non-hydrogen) atoms. The van der Waals surface area contributed by atoms with Gasteiger partial charge in [0.1, 0.15) is 5.28 Å². The van der Waals surface area contributed by atoms with Crippen molar-refractivity contribution in [3.63, 3.8) is 0 Å². The molecule has 84 valence electrons. The molecule has 2 N–H and O–H groups in total. The van der Waals surface area contributed by atoms with Crippen LogP contribution >= 0.6 is 7.37 Å². The Kier molecular flexibility index (Phi) is 4.62. The summed E-state index contributed by atoms with van der Waals surface area (Å²) in [7, 11) is -3.37. The van der Waals surface area contributed by atoms with E-state index in [0.29, 0.717) is 0 Å². The highest BCUT2D eigenvalue weighted by Crippen LogP contribution is 2.51. The summed E-state index contributed by atoms with van der Waals surface area (Å²) in [6, 6.07) is 0. The number of rotatable bonds is 4. The predicted octanol–water partition coefficient (Wildman–Crippen LogP) is 1.76. The molecular weight excluding hydrogens is 205 g/mol. The molecule has 0 spiro atoms. The Morgan fingerprint density at radius 1 is 1.50 bits per heavy atom. The Balaban J connectivity index is 4.49. The second-order valence-electron chi connectivity index (χ2n) is 3.42. The number of carbonyl (C=O) groups excluding carboxylic acids is 1. The fraction of sp³-hybridized carbons (Fsp3) is 0.875. The van der Waals surface area contributed by atoms with Gasteiger partial charge in [0.2, 0.25) is 7.37 Å². The molecule has 5 nitrogen and oxygen atoms in total. The van der Waals surface area contributed by atoms with Crippen LogP contribution in [-0.4, -0.2) is 29.0 Å². The summed E-state index contributed by atoms with van der Waals surface area (Å²) in [5, 5.41) is 1.23. The van der Waals surface area contributed by atoms with E-state index < -0.39 is 18.7 Å². The number of amides is 1. The second-order valence-corrected chi connectivity index (χ2v) is 6.58. The molecule has 0 aromatic carbocycles. The van der Waals surface area contributed by atoms with E-state index >= 15 is 0 Å². The molecule has 0 aromatic rings. The topological polar surface area (TPSA) is 75.6 Å². The lowest BCUT2D eigenvalue weighted by Gasteiger charge is -2.30. The van der Waals surface area contributed by atoms with E-state index in [1.807, 2.05) is 0 Å². The van der Waals surface area contributed by atoms with Gasteiger partial charge in [-0.1, -0.05) is 6.92 Å². The molecule has 0 aliphatic rings. The van der Waals surface area contributed by atoms with Gasteiger partial charge in [-0.3, -0.25) is 4.57 Å². The first kappa shape index (κ1) is 13.5. The van der Waals surface area contributed by atoms with Crippen LogP contribution in [0.25, 0.3) is 0 Å². The molecule has 1 unspecified atom stereocenters. The van der Waals surface area contributed by atoms with E-state index in [9.17, 15) is 14.3 Å². The first-order chi connectivity index (χ1) is 6.27. The number of hydrogen-bond acceptors (Lipinski definition) is 3. The predicted molar refractivity (Wildman–Crippen MR) is 54.6 cm³/mol. The van der Waals surface area contributed by atoms with Gasteiger partial charge in [-0.25, -0.2) is 4.79 Å². The number of hydrogen-bond donors (Lipinski definition) is 2. The maximum atomic E-state index is 11.6. The van der Waals surface area contributed by atoms with E-state index in [1.54, 1.807) is 13.8 Å². The highest BCUT2D eigenvalue weighted by atomic mass is 31.2. The van der Waals surface area contributed by atoms with Crippen LogP contribution in [0, 0.1) is 0 Å². The lowest BCUT2D eigenvalue weighted by Crippen LogP contribution is -2.43. The molecule has 0 aromatic heterocycles. The Labute approximate surface area is 84.3 Å². The minimum atomic E-state index is -3.37. The molecule has 1 atom stereocenters. The summed E-state index contributed by atoms with van der Waals surface area (Å²) in [6.45, 7) is 6.53. The maximum Gasteiger partial charge on any atom is 0.407 e. The lowest BCUT2D eigenvalue weighted by molar-refractivity contribution is 0.146. The second kappa shape index (κ2) is 4.80. The van der Waals surface area contributed by atoms with Crippen LogP contribution in [0.2, 0.25) is 0 Å². The summed E-state index contributed by atoms with van der Waals surface area (Å²) in [5.41, 5.74) is 0. The molecule has 0 aliphatic heterocycles. The van der Waals surface area contributed by atoms with Gasteiger partial charge in [-0.2, -0.15) is 0 Å². The zero-order valence-corrected chi connectivity index (χ0v) is 9.93. The van der Waals surface area contributed by atoms with Crippen molar-refractivity contribution in [3.05, 3.63) is 0 Å². The molecule has 0 aliphatic carbocycles. The van der Waals surface area contributed by atoms with Crippen molar-refractivity contribution in [2.75, 3.05) is 12.8 Å². The van der Waals surface area contributed by atoms with Crippen molar-refractivity contribution in [2.45, 2.75) is 33.0 Å². The molecule has 0 saturated heterocycles. The first-order valence-corrected chi connectivity index (χ1v) is 6.38. The minimum absolute atomic E-state index is 0.117. The van der Waals surface area contributed by atoms with E-state index in [1.165, 1.54) is 13.8 Å². The Morgan fingerprint density at radius 3 is 2.36 bits per heavy atom. The third-order valence-corrected chi connectivity index (χ3v) is 4.70. The molecule has 0 saturated carbocycles. The number of nitrogens with one attached hydrogen (secondary N) is 1. The average Bonchev–Trinajstić information content (AvgIpc) is 2.03. The van der Waals surface area contributed by atoms with E-state index in [-0.39, 0.29) is 12.8 Å². The maximum absolute atomic E-state index is 11.6. The van der Waals surface area contributed by atoms with Gasteiger partial charge in [-0.15, -0.1) is 0 Å². The third kappa shape index (κ3) is 3.31. The third-order valence-electron chi connectivity index (χ3n) is 1.99. The normalized spacial score (nSPS) is 15.8. The van der Waals surface area contributed by atoms with Gasteiger partial charge in [0.15, 0.2) is 0 Å². The molecule has 0 radical (unpaired) electrons. The van der Waals surface area contributed by atoms with Gasteiger partial charge in [0, 0.05) is 6.16 Å². The van der Waals surface area contributed by atoms with Gasteiger partial charge in [0.05, 0.1) is 6.61 Å². The molecule has 0 fully saturated rings. The van der Waals surface area contributed by atoms with Crippen molar-refractivity contribution in [1.82, 2.24) is 5.32 Å². The van der Waals surface area contributed by atoms with Gasteiger partial charge < -0.3 is 14.9 Å². The van der Waals surface area contributed by atoms with Crippen LogP contribution in [0.4, 0.5) is 4.79 Å². The monoisotopic (exact) mass is 223 g/mol. The quantitative estimate of drug-likeness (QED) is 0.712. The lowest BCUT2D eigenvalue weighted by atomic mass is 10.4. The Hall–Kier alpha value is -0.540. The molecular formula is C8H18NO4P. The van der Waals surface area contributed by atoms with Crippen molar-refractivity contribution in [3.8, 4) is 0 Å². The SMILES string of the molecule is CCOC(=O)NC(C)(C)P(=O)(O)CC. The van der Waals surface area contributed by atoms with Crippen molar-refractivity contribution < 1.29 is 19.0 Å². The summed E-state index contributed by atoms with van der Waals surface area (Å²) in [4.78, 5) is 20.6. The molecule has 1 amide bonds. The van der Waals surface area contributed by atoms with E-state index in [4.69, 9.17) is 0 Å². The number of alkyl carbamates (subject to hydrolysis) is 1. The smallest absolute Gasteiger partial charge is 0.407 e. The summed E-state index contributed by atoms with van der Waals surface area (Å²) >= 11 is 0. The Bertz CT molecular complexity index is 252. The largest absolute Gasteiger partial charge is 0.450 e. The van der Waals surface area contributed by atoms with Crippen LogP contribution in [0.5, 0.6) is 0 Å². The Morgan fingerprint density at radius 2 is 2.00 bits per heavy atom. The highest BCUT2D eigenvalue weighted by molar-refractivity contribution is 7.59. The fourth-order valence-electron chi connectivity index (χ4n) is 0.900.